The fourth-order valence-corrected chi connectivity index (χ4v) is 2.61. The number of ether oxygens (including phenoxy) is 3. The molecule has 1 aliphatic heterocycles. The molecule has 1 aliphatic rings. The summed E-state index contributed by atoms with van der Waals surface area (Å²) < 4.78 is 17.9. The second-order valence-corrected chi connectivity index (χ2v) is 6.02. The van der Waals surface area contributed by atoms with E-state index in [1.165, 1.54) is 24.6 Å². The summed E-state index contributed by atoms with van der Waals surface area (Å²) in [6, 6.07) is 0. The van der Waals surface area contributed by atoms with Crippen LogP contribution in [-0.2, 0) is 23.8 Å². The van der Waals surface area contributed by atoms with E-state index >= 15 is 0 Å². The average Bonchev–Trinajstić information content (AvgIpc) is 2.81. The summed E-state index contributed by atoms with van der Waals surface area (Å²) in [5.41, 5.74) is -0.458. The second kappa shape index (κ2) is 7.18. The van der Waals surface area contributed by atoms with Gasteiger partial charge in [-0.25, -0.2) is 9.78 Å². The van der Waals surface area contributed by atoms with Gasteiger partial charge in [0.05, 0.1) is 0 Å². The summed E-state index contributed by atoms with van der Waals surface area (Å²) in [4.78, 5) is 37.7. The van der Waals surface area contributed by atoms with Crippen molar-refractivity contribution in [2.45, 2.75) is 38.7 Å². The summed E-state index contributed by atoms with van der Waals surface area (Å²) in [6.45, 7) is 2.52. The number of rotatable bonds is 4. The molecule has 0 saturated carbocycles. The molecule has 0 N–H and O–H groups in total. The lowest BCUT2D eigenvalue weighted by Crippen LogP contribution is -2.31. The van der Waals surface area contributed by atoms with Crippen molar-refractivity contribution in [2.75, 3.05) is 6.61 Å². The van der Waals surface area contributed by atoms with Crippen LogP contribution in [0.5, 0.6) is 0 Å². The Morgan fingerprint density at radius 2 is 2.18 bits per heavy atom. The first kappa shape index (κ1) is 16.9. The third kappa shape index (κ3) is 4.26. The molecular weight excluding hydrogens is 407 g/mol. The molecule has 8 nitrogen and oxygen atoms in total. The van der Waals surface area contributed by atoms with Gasteiger partial charge in [-0.3, -0.25) is 14.2 Å². The molecule has 1 saturated heterocycles. The molecule has 0 aliphatic carbocycles. The van der Waals surface area contributed by atoms with Gasteiger partial charge < -0.3 is 14.2 Å². The van der Waals surface area contributed by atoms with Crippen LogP contribution in [0.25, 0.3) is 0 Å². The Kier molecular flexibility index (Phi) is 5.51. The molecule has 0 unspecified atom stereocenters. The zero-order valence-electron chi connectivity index (χ0n) is 12.0. The number of carbonyl (C=O) groups excluding carboxylic acids is 2. The summed E-state index contributed by atoms with van der Waals surface area (Å²) >= 11 is 2.03. The Morgan fingerprint density at radius 3 is 2.82 bits per heavy atom. The molecule has 2 heterocycles. The van der Waals surface area contributed by atoms with Crippen LogP contribution in [0.2, 0.25) is 0 Å². The lowest BCUT2D eigenvalue weighted by atomic mass is 10.2. The van der Waals surface area contributed by atoms with E-state index in [9.17, 15) is 14.4 Å². The van der Waals surface area contributed by atoms with Gasteiger partial charge >= 0.3 is 17.6 Å². The molecule has 0 bridgehead atoms. The van der Waals surface area contributed by atoms with Crippen molar-refractivity contribution in [1.29, 1.82) is 0 Å². The second-order valence-electron chi connectivity index (χ2n) is 4.78. The molecular formula is C13H15IN2O6. The summed E-state index contributed by atoms with van der Waals surface area (Å²) in [7, 11) is 0. The van der Waals surface area contributed by atoms with E-state index in [1.54, 1.807) is 6.20 Å². The number of hydrogen-bond donors (Lipinski definition) is 0. The summed E-state index contributed by atoms with van der Waals surface area (Å²) in [5, 5.41) is 0. The zero-order chi connectivity index (χ0) is 16.3. The van der Waals surface area contributed by atoms with E-state index in [0.29, 0.717) is 0 Å². The lowest BCUT2D eigenvalue weighted by molar-refractivity contribution is -0.155. The minimum absolute atomic E-state index is 0.0457. The predicted octanol–water partition coefficient (Wildman–Crippen LogP) is 0.630. The van der Waals surface area contributed by atoms with E-state index in [2.05, 4.69) is 4.98 Å². The van der Waals surface area contributed by atoms with Gasteiger partial charge in [-0.05, 0) is 22.6 Å². The first-order valence-corrected chi connectivity index (χ1v) is 7.64. The van der Waals surface area contributed by atoms with E-state index in [4.69, 9.17) is 14.2 Å². The minimum Gasteiger partial charge on any atom is -0.463 e. The Morgan fingerprint density at radius 1 is 1.45 bits per heavy atom. The van der Waals surface area contributed by atoms with Crippen LogP contribution in [0.4, 0.5) is 0 Å². The first-order valence-electron chi connectivity index (χ1n) is 6.56. The van der Waals surface area contributed by atoms with Gasteiger partial charge in [-0.15, -0.1) is 0 Å². The Balaban J connectivity index is 2.17. The number of nitrogens with zero attached hydrogens (tertiary/aromatic N) is 2. The van der Waals surface area contributed by atoms with Gasteiger partial charge in [0.15, 0.2) is 0 Å². The Bertz CT molecular complexity index is 631. The molecule has 0 aromatic carbocycles. The maximum atomic E-state index is 11.8. The third-order valence-electron chi connectivity index (χ3n) is 3.04. The van der Waals surface area contributed by atoms with Crippen molar-refractivity contribution in [3.63, 3.8) is 0 Å². The van der Waals surface area contributed by atoms with Crippen molar-refractivity contribution in [3.05, 3.63) is 26.4 Å². The molecule has 2 rings (SSSR count). The Labute approximate surface area is 139 Å². The van der Waals surface area contributed by atoms with E-state index < -0.39 is 36.1 Å². The normalized spacial score (nSPS) is 24.0. The van der Waals surface area contributed by atoms with Gasteiger partial charge in [0.2, 0.25) is 0 Å². The number of esters is 2. The van der Waals surface area contributed by atoms with Crippen molar-refractivity contribution >= 4 is 34.5 Å². The van der Waals surface area contributed by atoms with Gasteiger partial charge in [-0.2, -0.15) is 0 Å². The highest BCUT2D eigenvalue weighted by Crippen LogP contribution is 2.30. The van der Waals surface area contributed by atoms with Crippen LogP contribution < -0.4 is 5.69 Å². The molecule has 0 spiro atoms. The van der Waals surface area contributed by atoms with Crippen LogP contribution in [0.15, 0.2) is 17.2 Å². The van der Waals surface area contributed by atoms with Crippen LogP contribution in [-0.4, -0.2) is 40.3 Å². The first-order chi connectivity index (χ1) is 10.4. The fraction of sp³-hybridized carbons (Fsp3) is 0.538. The van der Waals surface area contributed by atoms with Gasteiger partial charge in [0.25, 0.3) is 0 Å². The van der Waals surface area contributed by atoms with Crippen molar-refractivity contribution in [3.8, 4) is 0 Å². The smallest absolute Gasteiger partial charge is 0.349 e. The summed E-state index contributed by atoms with van der Waals surface area (Å²) in [6.07, 6.45) is 1.51. The average molecular weight is 422 g/mol. The highest BCUT2D eigenvalue weighted by molar-refractivity contribution is 14.1. The maximum Gasteiger partial charge on any atom is 0.349 e. The maximum absolute atomic E-state index is 11.8. The molecule has 0 radical (unpaired) electrons. The third-order valence-corrected chi connectivity index (χ3v) is 3.60. The molecule has 3 atom stereocenters. The number of halogens is 1. The van der Waals surface area contributed by atoms with Crippen molar-refractivity contribution < 1.29 is 23.8 Å². The van der Waals surface area contributed by atoms with Gasteiger partial charge in [0.1, 0.15) is 25.0 Å². The Hall–Kier alpha value is -1.49. The number of aromatic nitrogens is 2. The quantitative estimate of drug-likeness (QED) is 0.519. The van der Waals surface area contributed by atoms with Crippen LogP contribution in [0.3, 0.4) is 0 Å². The van der Waals surface area contributed by atoms with Crippen LogP contribution in [0.1, 0.15) is 26.5 Å². The molecule has 0 amide bonds. The van der Waals surface area contributed by atoms with Gasteiger partial charge in [-0.1, -0.05) is 0 Å². The van der Waals surface area contributed by atoms with E-state index in [1.807, 2.05) is 22.6 Å². The van der Waals surface area contributed by atoms with E-state index in [0.717, 1.165) is 3.57 Å². The summed E-state index contributed by atoms with van der Waals surface area (Å²) in [5.74, 6) is -0.920. The molecule has 1 aromatic heterocycles. The highest BCUT2D eigenvalue weighted by atomic mass is 127. The fourth-order valence-electron chi connectivity index (χ4n) is 2.17. The monoisotopic (exact) mass is 422 g/mol. The van der Waals surface area contributed by atoms with Crippen molar-refractivity contribution in [2.24, 2.45) is 0 Å². The van der Waals surface area contributed by atoms with Gasteiger partial charge in [0, 0.05) is 36.2 Å². The SMILES string of the molecule is CC(=O)OC[C@H]1O[C@H](n2cc(I)cnc2=O)C[C@@H]1OC(C)=O. The minimum atomic E-state index is -0.625. The molecule has 1 aromatic rings. The number of hydrogen-bond acceptors (Lipinski definition) is 7. The molecule has 22 heavy (non-hydrogen) atoms. The topological polar surface area (TPSA) is 96.7 Å². The largest absolute Gasteiger partial charge is 0.463 e. The lowest BCUT2D eigenvalue weighted by Gasteiger charge is -2.17. The molecule has 9 heteroatoms. The standard InChI is InChI=1S/C13H15IN2O6/c1-7(17)20-6-11-10(21-8(2)18)3-12(22-11)16-5-9(14)4-15-13(16)19/h4-5,10-12H,3,6H2,1-2H3/t10-,11+,12-/m0/s1. The predicted molar refractivity (Wildman–Crippen MR) is 81.9 cm³/mol. The van der Waals surface area contributed by atoms with Crippen LogP contribution in [0, 0.1) is 3.57 Å². The number of carbonyl (C=O) groups is 2. The highest BCUT2D eigenvalue weighted by Gasteiger charge is 2.39. The zero-order valence-corrected chi connectivity index (χ0v) is 14.2. The van der Waals surface area contributed by atoms with Crippen LogP contribution >= 0.6 is 22.6 Å². The molecule has 120 valence electrons. The van der Waals surface area contributed by atoms with Crippen molar-refractivity contribution in [1.82, 2.24) is 9.55 Å². The van der Waals surface area contributed by atoms with E-state index in [-0.39, 0.29) is 13.0 Å². The molecule has 1 fully saturated rings.